The molecule has 1 saturated carbocycles. The Morgan fingerprint density at radius 1 is 1.23 bits per heavy atom. The highest BCUT2D eigenvalue weighted by atomic mass is 14.3. The molecule has 0 nitrogen and oxygen atoms in total. The van der Waals surface area contributed by atoms with Crippen molar-refractivity contribution in [1.29, 1.82) is 0 Å². The van der Waals surface area contributed by atoms with Gasteiger partial charge in [-0.3, -0.25) is 0 Å². The molecule has 1 aliphatic carbocycles. The van der Waals surface area contributed by atoms with Crippen molar-refractivity contribution in [1.82, 2.24) is 0 Å². The van der Waals surface area contributed by atoms with Gasteiger partial charge in [-0.2, -0.15) is 0 Å². The standard InChI is InChI=1S/C13H26/c1-12(2,3)10-11-6-8-13(4,5)9-7-11/h11H,6-10H2,1-5H3/i10D2. The van der Waals surface area contributed by atoms with Crippen LogP contribution in [0.3, 0.4) is 0 Å². The molecule has 0 radical (unpaired) electrons. The Labute approximate surface area is 86.9 Å². The summed E-state index contributed by atoms with van der Waals surface area (Å²) in [6.45, 7) is 10.7. The van der Waals surface area contributed by atoms with Crippen molar-refractivity contribution < 1.29 is 2.74 Å². The van der Waals surface area contributed by atoms with E-state index >= 15 is 0 Å². The molecule has 1 fully saturated rings. The van der Waals surface area contributed by atoms with Crippen LogP contribution in [-0.2, 0) is 0 Å². The molecule has 0 amide bonds. The lowest BCUT2D eigenvalue weighted by Gasteiger charge is -2.36. The summed E-state index contributed by atoms with van der Waals surface area (Å²) in [5.41, 5.74) is 0.198. The first-order valence-corrected chi connectivity index (χ1v) is 5.56. The van der Waals surface area contributed by atoms with Gasteiger partial charge in [0, 0.05) is 2.74 Å². The van der Waals surface area contributed by atoms with Crippen molar-refractivity contribution in [3.63, 3.8) is 0 Å². The van der Waals surface area contributed by atoms with Crippen molar-refractivity contribution in [2.45, 2.75) is 66.7 Å². The van der Waals surface area contributed by atoms with Crippen LogP contribution in [0.1, 0.15) is 69.4 Å². The van der Waals surface area contributed by atoms with E-state index < -0.39 is 6.37 Å². The molecule has 0 aromatic rings. The van der Waals surface area contributed by atoms with Gasteiger partial charge in [0.25, 0.3) is 0 Å². The lowest BCUT2D eigenvalue weighted by Crippen LogP contribution is -2.24. The topological polar surface area (TPSA) is 0 Å². The SMILES string of the molecule is [2H]C([2H])(C1CCC(C)(C)CC1)C(C)(C)C. The Morgan fingerprint density at radius 2 is 1.69 bits per heavy atom. The van der Waals surface area contributed by atoms with Crippen molar-refractivity contribution in [2.24, 2.45) is 16.7 Å². The summed E-state index contributed by atoms with van der Waals surface area (Å²) in [7, 11) is 0. The van der Waals surface area contributed by atoms with Gasteiger partial charge in [-0.15, -0.1) is 0 Å². The van der Waals surface area contributed by atoms with Gasteiger partial charge in [-0.1, -0.05) is 34.6 Å². The van der Waals surface area contributed by atoms with Gasteiger partial charge in [-0.05, 0) is 48.8 Å². The van der Waals surface area contributed by atoms with Crippen molar-refractivity contribution in [3.05, 3.63) is 0 Å². The largest absolute Gasteiger partial charge is 0.0602 e. The van der Waals surface area contributed by atoms with Crippen molar-refractivity contribution >= 4 is 0 Å². The number of rotatable bonds is 1. The Kier molecular flexibility index (Phi) is 2.32. The summed E-state index contributed by atoms with van der Waals surface area (Å²) in [5.74, 6) is 0.255. The third-order valence-electron chi connectivity index (χ3n) is 2.98. The minimum atomic E-state index is -1.02. The van der Waals surface area contributed by atoms with E-state index in [9.17, 15) is 0 Å². The zero-order chi connectivity index (χ0) is 11.9. The van der Waals surface area contributed by atoms with Crippen molar-refractivity contribution in [3.8, 4) is 0 Å². The molecule has 13 heavy (non-hydrogen) atoms. The normalized spacial score (nSPS) is 28.1. The van der Waals surface area contributed by atoms with Gasteiger partial charge in [0.1, 0.15) is 0 Å². The van der Waals surface area contributed by atoms with Crippen LogP contribution in [0, 0.1) is 16.7 Å². The van der Waals surface area contributed by atoms with Crippen LogP contribution in [-0.4, -0.2) is 0 Å². The third kappa shape index (κ3) is 4.15. The van der Waals surface area contributed by atoms with Gasteiger partial charge < -0.3 is 0 Å². The molecule has 0 saturated heterocycles. The number of hydrogen-bond donors (Lipinski definition) is 0. The lowest BCUT2D eigenvalue weighted by molar-refractivity contribution is 0.154. The van der Waals surface area contributed by atoms with Crippen LogP contribution in [0.5, 0.6) is 0 Å². The lowest BCUT2D eigenvalue weighted by atomic mass is 9.69. The summed E-state index contributed by atoms with van der Waals surface area (Å²) >= 11 is 0. The van der Waals surface area contributed by atoms with Crippen LogP contribution >= 0.6 is 0 Å². The summed E-state index contributed by atoms with van der Waals surface area (Å²) < 4.78 is 16.5. The van der Waals surface area contributed by atoms with Crippen molar-refractivity contribution in [2.75, 3.05) is 0 Å². The summed E-state index contributed by atoms with van der Waals surface area (Å²) in [4.78, 5) is 0. The zero-order valence-corrected chi connectivity index (χ0v) is 9.91. The van der Waals surface area contributed by atoms with Crippen LogP contribution in [0.4, 0.5) is 0 Å². The fourth-order valence-electron chi connectivity index (χ4n) is 2.16. The highest BCUT2D eigenvalue weighted by molar-refractivity contribution is 4.80. The zero-order valence-electron chi connectivity index (χ0n) is 11.9. The van der Waals surface area contributed by atoms with E-state index in [0.29, 0.717) is 5.41 Å². The van der Waals surface area contributed by atoms with Gasteiger partial charge in [0.2, 0.25) is 0 Å². The first kappa shape index (κ1) is 8.32. The minimum absolute atomic E-state index is 0.237. The molecule has 0 heteroatoms. The van der Waals surface area contributed by atoms with Gasteiger partial charge in [0.15, 0.2) is 0 Å². The average Bonchev–Trinajstić information content (AvgIpc) is 2.01. The van der Waals surface area contributed by atoms with Crippen LogP contribution in [0.25, 0.3) is 0 Å². The quantitative estimate of drug-likeness (QED) is 0.557. The fraction of sp³-hybridized carbons (Fsp3) is 1.00. The third-order valence-corrected chi connectivity index (χ3v) is 2.98. The second-order valence-electron chi connectivity index (χ2n) is 6.33. The molecule has 0 aromatic heterocycles. The van der Waals surface area contributed by atoms with E-state index in [2.05, 4.69) is 13.8 Å². The molecule has 0 unspecified atom stereocenters. The molecule has 1 aliphatic rings. The summed E-state index contributed by atoms with van der Waals surface area (Å²) in [5, 5.41) is 0. The van der Waals surface area contributed by atoms with E-state index in [4.69, 9.17) is 2.74 Å². The molecule has 0 aliphatic heterocycles. The average molecular weight is 184 g/mol. The molecule has 78 valence electrons. The second-order valence-corrected chi connectivity index (χ2v) is 6.33. The van der Waals surface area contributed by atoms with E-state index in [1.807, 2.05) is 20.8 Å². The highest BCUT2D eigenvalue weighted by Gasteiger charge is 2.28. The maximum atomic E-state index is 8.27. The number of hydrogen-bond acceptors (Lipinski definition) is 0. The Bertz CT molecular complexity index is 213. The van der Waals surface area contributed by atoms with E-state index in [-0.39, 0.29) is 11.3 Å². The van der Waals surface area contributed by atoms with Gasteiger partial charge >= 0.3 is 0 Å². The van der Waals surface area contributed by atoms with E-state index in [0.717, 1.165) is 12.8 Å². The molecule has 0 N–H and O–H groups in total. The molecule has 0 bridgehead atoms. The minimum Gasteiger partial charge on any atom is -0.0602 e. The van der Waals surface area contributed by atoms with Crippen LogP contribution in [0.2, 0.25) is 0 Å². The second kappa shape index (κ2) is 3.63. The molecule has 0 heterocycles. The maximum absolute atomic E-state index is 8.27. The Hall–Kier alpha value is 0. The molecular weight excluding hydrogens is 156 g/mol. The fourth-order valence-corrected chi connectivity index (χ4v) is 2.16. The molecule has 0 spiro atoms. The predicted molar refractivity (Wildman–Crippen MR) is 59.8 cm³/mol. The monoisotopic (exact) mass is 184 g/mol. The van der Waals surface area contributed by atoms with E-state index in [1.54, 1.807) is 0 Å². The predicted octanol–water partition coefficient (Wildman–Crippen LogP) is 4.64. The molecule has 0 aromatic carbocycles. The summed E-state index contributed by atoms with van der Waals surface area (Å²) in [6.07, 6.45) is 3.43. The Balaban J connectivity index is 2.68. The molecule has 1 rings (SSSR count). The highest BCUT2D eigenvalue weighted by Crippen LogP contribution is 2.41. The molecular formula is C13H26. The first-order valence-electron chi connectivity index (χ1n) is 6.56. The van der Waals surface area contributed by atoms with Gasteiger partial charge in [0.05, 0.1) is 0 Å². The van der Waals surface area contributed by atoms with Crippen LogP contribution in [0.15, 0.2) is 0 Å². The first-order chi connectivity index (χ1) is 6.56. The van der Waals surface area contributed by atoms with Gasteiger partial charge in [-0.25, -0.2) is 0 Å². The molecule has 0 atom stereocenters. The van der Waals surface area contributed by atoms with Crippen LogP contribution < -0.4 is 0 Å². The maximum Gasteiger partial charge on any atom is 0.0275 e. The van der Waals surface area contributed by atoms with E-state index in [1.165, 1.54) is 12.8 Å². The smallest absolute Gasteiger partial charge is 0.0275 e. The summed E-state index contributed by atoms with van der Waals surface area (Å²) in [6, 6.07) is 0. The Morgan fingerprint density at radius 3 is 2.08 bits per heavy atom.